The van der Waals surface area contributed by atoms with Crippen LogP contribution in [-0.2, 0) is 23.0 Å². The number of hydrogen-bond donors (Lipinski definition) is 1. The van der Waals surface area contributed by atoms with Crippen molar-refractivity contribution in [1.82, 2.24) is 0 Å². The first-order valence-corrected chi connectivity index (χ1v) is 5.35. The molecule has 0 fully saturated rings. The highest BCUT2D eigenvalue weighted by molar-refractivity contribution is 7.78. The van der Waals surface area contributed by atoms with Gasteiger partial charge in [0.05, 0.1) is 11.3 Å². The lowest BCUT2D eigenvalue weighted by atomic mass is 10.1. The summed E-state index contributed by atoms with van der Waals surface area (Å²) < 4.78 is 56.0. The van der Waals surface area contributed by atoms with E-state index in [1.54, 1.807) is 0 Å². The molecule has 1 N–H and O–H groups in total. The van der Waals surface area contributed by atoms with Crippen LogP contribution >= 0.6 is 0 Å². The number of hydrogen-bond acceptors (Lipinski definition) is 2. The maximum Gasteiger partial charge on any atom is 0.416 e. The minimum Gasteiger partial charge on any atom is -0.306 e. The standard InChI is InChI=1S/C9H7F3O3S/c10-9(11,12)8-2-1-6(4-13)7(3-8)5-16(14)15/h1-4H,5H2,(H,14,15). The van der Waals surface area contributed by atoms with Gasteiger partial charge >= 0.3 is 6.18 Å². The normalized spacial score (nSPS) is 13.5. The van der Waals surface area contributed by atoms with Crippen LogP contribution in [0.4, 0.5) is 13.2 Å². The summed E-state index contributed by atoms with van der Waals surface area (Å²) in [5.41, 5.74) is -1.06. The van der Waals surface area contributed by atoms with Crippen LogP contribution in [0.2, 0.25) is 0 Å². The van der Waals surface area contributed by atoms with Crippen molar-refractivity contribution < 1.29 is 26.7 Å². The molecule has 0 spiro atoms. The third-order valence-electron chi connectivity index (χ3n) is 1.88. The van der Waals surface area contributed by atoms with Gasteiger partial charge in [0.2, 0.25) is 0 Å². The van der Waals surface area contributed by atoms with Gasteiger partial charge in [-0.2, -0.15) is 13.2 Å². The molecule has 0 bridgehead atoms. The fourth-order valence-corrected chi connectivity index (χ4v) is 1.67. The predicted octanol–water partition coefficient (Wildman–Crippen LogP) is 2.24. The van der Waals surface area contributed by atoms with Crippen LogP contribution in [0.1, 0.15) is 21.5 Å². The highest BCUT2D eigenvalue weighted by Crippen LogP contribution is 2.30. The smallest absolute Gasteiger partial charge is 0.306 e. The summed E-state index contributed by atoms with van der Waals surface area (Å²) in [6.07, 6.45) is -4.19. The molecule has 0 aromatic heterocycles. The Morgan fingerprint density at radius 2 is 2.00 bits per heavy atom. The molecular weight excluding hydrogens is 245 g/mol. The molecule has 1 rings (SSSR count). The predicted molar refractivity (Wildman–Crippen MR) is 51.3 cm³/mol. The minimum absolute atomic E-state index is 0.0181. The highest BCUT2D eigenvalue weighted by Gasteiger charge is 2.31. The van der Waals surface area contributed by atoms with E-state index in [-0.39, 0.29) is 11.1 Å². The van der Waals surface area contributed by atoms with E-state index >= 15 is 0 Å². The monoisotopic (exact) mass is 252 g/mol. The summed E-state index contributed by atoms with van der Waals surface area (Å²) >= 11 is -2.29. The lowest BCUT2D eigenvalue weighted by Gasteiger charge is -2.09. The number of carbonyl (C=O) groups excluding carboxylic acids is 1. The Morgan fingerprint density at radius 3 is 2.44 bits per heavy atom. The van der Waals surface area contributed by atoms with Gasteiger partial charge in [-0.15, -0.1) is 0 Å². The first-order valence-electron chi connectivity index (χ1n) is 4.07. The Morgan fingerprint density at radius 1 is 1.38 bits per heavy atom. The van der Waals surface area contributed by atoms with Gasteiger partial charge in [0.1, 0.15) is 6.29 Å². The number of carbonyl (C=O) groups is 1. The van der Waals surface area contributed by atoms with Gasteiger partial charge < -0.3 is 4.55 Å². The summed E-state index contributed by atoms with van der Waals surface area (Å²) in [5, 5.41) is 0. The van der Waals surface area contributed by atoms with E-state index in [9.17, 15) is 22.2 Å². The van der Waals surface area contributed by atoms with Crippen LogP contribution < -0.4 is 0 Å². The van der Waals surface area contributed by atoms with E-state index in [4.69, 9.17) is 4.55 Å². The summed E-state index contributed by atoms with van der Waals surface area (Å²) in [6.45, 7) is 0. The molecule has 0 radical (unpaired) electrons. The van der Waals surface area contributed by atoms with Gasteiger partial charge in [-0.05, 0) is 17.7 Å². The summed E-state index contributed by atoms with van der Waals surface area (Å²) in [4.78, 5) is 10.5. The van der Waals surface area contributed by atoms with Crippen LogP contribution in [-0.4, -0.2) is 15.0 Å². The van der Waals surface area contributed by atoms with Crippen molar-refractivity contribution >= 4 is 17.4 Å². The van der Waals surface area contributed by atoms with Crippen molar-refractivity contribution in [2.45, 2.75) is 11.9 Å². The van der Waals surface area contributed by atoms with Crippen molar-refractivity contribution in [2.24, 2.45) is 0 Å². The Hall–Kier alpha value is -1.21. The second-order valence-corrected chi connectivity index (χ2v) is 3.93. The van der Waals surface area contributed by atoms with Gasteiger partial charge in [-0.3, -0.25) is 4.79 Å². The van der Waals surface area contributed by atoms with Gasteiger partial charge in [0.25, 0.3) is 0 Å². The van der Waals surface area contributed by atoms with E-state index in [1.165, 1.54) is 0 Å². The van der Waals surface area contributed by atoms with Crippen LogP contribution in [0, 0.1) is 0 Å². The Labute approximate surface area is 91.6 Å². The van der Waals surface area contributed by atoms with Crippen molar-refractivity contribution in [3.63, 3.8) is 0 Å². The third-order valence-corrected chi connectivity index (χ3v) is 2.43. The number of rotatable bonds is 3. The average Bonchev–Trinajstić information content (AvgIpc) is 2.15. The molecule has 88 valence electrons. The molecule has 0 aliphatic rings. The van der Waals surface area contributed by atoms with Crippen molar-refractivity contribution in [3.8, 4) is 0 Å². The van der Waals surface area contributed by atoms with E-state index in [0.717, 1.165) is 12.1 Å². The van der Waals surface area contributed by atoms with E-state index in [0.29, 0.717) is 12.4 Å². The molecule has 0 aliphatic carbocycles. The van der Waals surface area contributed by atoms with Crippen LogP contribution in [0.3, 0.4) is 0 Å². The topological polar surface area (TPSA) is 54.4 Å². The van der Waals surface area contributed by atoms with Gasteiger partial charge in [0, 0.05) is 5.56 Å². The lowest BCUT2D eigenvalue weighted by Crippen LogP contribution is -2.07. The molecule has 1 aromatic rings. The van der Waals surface area contributed by atoms with Crippen LogP contribution in [0.5, 0.6) is 0 Å². The number of aldehydes is 1. The van der Waals surface area contributed by atoms with E-state index in [2.05, 4.69) is 0 Å². The SMILES string of the molecule is O=Cc1ccc(C(F)(F)F)cc1CS(=O)O. The summed E-state index contributed by atoms with van der Waals surface area (Å²) in [7, 11) is 0. The Kier molecular flexibility index (Phi) is 3.82. The first-order chi connectivity index (χ1) is 7.34. The minimum atomic E-state index is -4.53. The van der Waals surface area contributed by atoms with Crippen molar-refractivity contribution in [2.75, 3.05) is 0 Å². The quantitative estimate of drug-likeness (QED) is 0.663. The number of benzene rings is 1. The molecule has 16 heavy (non-hydrogen) atoms. The maximum absolute atomic E-state index is 12.3. The van der Waals surface area contributed by atoms with Crippen LogP contribution in [0.25, 0.3) is 0 Å². The molecule has 0 heterocycles. The van der Waals surface area contributed by atoms with E-state index < -0.39 is 28.6 Å². The molecule has 0 saturated carbocycles. The van der Waals surface area contributed by atoms with Crippen molar-refractivity contribution in [3.05, 3.63) is 34.9 Å². The average molecular weight is 252 g/mol. The molecule has 0 aliphatic heterocycles. The Balaban J connectivity index is 3.21. The summed E-state index contributed by atoms with van der Waals surface area (Å²) in [6, 6.07) is 2.45. The lowest BCUT2D eigenvalue weighted by molar-refractivity contribution is -0.137. The zero-order valence-electron chi connectivity index (χ0n) is 7.82. The van der Waals surface area contributed by atoms with Gasteiger partial charge in [-0.25, -0.2) is 4.21 Å². The molecule has 1 atom stereocenters. The molecule has 1 unspecified atom stereocenters. The first kappa shape index (κ1) is 12.9. The number of halogens is 3. The number of alkyl halides is 3. The molecular formula is C9H7F3O3S. The second-order valence-electron chi connectivity index (χ2n) is 3.00. The molecule has 0 amide bonds. The van der Waals surface area contributed by atoms with Gasteiger partial charge in [0.15, 0.2) is 11.1 Å². The molecule has 0 saturated heterocycles. The van der Waals surface area contributed by atoms with Gasteiger partial charge in [-0.1, -0.05) is 6.07 Å². The fourth-order valence-electron chi connectivity index (χ4n) is 1.16. The molecule has 1 aromatic carbocycles. The molecule has 3 nitrogen and oxygen atoms in total. The maximum atomic E-state index is 12.3. The third kappa shape index (κ3) is 3.14. The highest BCUT2D eigenvalue weighted by atomic mass is 32.2. The fraction of sp³-hybridized carbons (Fsp3) is 0.222. The largest absolute Gasteiger partial charge is 0.416 e. The zero-order valence-corrected chi connectivity index (χ0v) is 8.64. The summed E-state index contributed by atoms with van der Waals surface area (Å²) in [5.74, 6) is -0.502. The van der Waals surface area contributed by atoms with Crippen LogP contribution in [0.15, 0.2) is 18.2 Å². The van der Waals surface area contributed by atoms with E-state index in [1.807, 2.05) is 0 Å². The Bertz CT molecular complexity index is 428. The zero-order chi connectivity index (χ0) is 12.3. The second kappa shape index (κ2) is 4.75. The van der Waals surface area contributed by atoms with Crippen molar-refractivity contribution in [1.29, 1.82) is 0 Å². The molecule has 7 heteroatoms.